The van der Waals surface area contributed by atoms with Crippen LogP contribution in [0.15, 0.2) is 0 Å². The highest BCUT2D eigenvalue weighted by Gasteiger charge is 2.36. The van der Waals surface area contributed by atoms with Crippen LogP contribution in [0, 0.1) is 11.8 Å². The fourth-order valence-corrected chi connectivity index (χ4v) is 3.25. The van der Waals surface area contributed by atoms with E-state index in [-0.39, 0.29) is 5.92 Å². The first kappa shape index (κ1) is 16.4. The first-order chi connectivity index (χ1) is 9.19. The van der Waals surface area contributed by atoms with Gasteiger partial charge in [0.1, 0.15) is 0 Å². The third-order valence-electron chi connectivity index (χ3n) is 4.48. The van der Waals surface area contributed by atoms with E-state index >= 15 is 0 Å². The van der Waals surface area contributed by atoms with E-state index in [1.165, 1.54) is 0 Å². The summed E-state index contributed by atoms with van der Waals surface area (Å²) in [5.41, 5.74) is 5.81. The van der Waals surface area contributed by atoms with Crippen molar-refractivity contribution in [2.45, 2.75) is 52.0 Å². The third-order valence-corrected chi connectivity index (χ3v) is 4.48. The minimum absolute atomic E-state index is 0.141. The molecule has 2 N–H and O–H groups in total. The van der Waals surface area contributed by atoms with Crippen molar-refractivity contribution >= 4 is 5.91 Å². The second-order valence-electron chi connectivity index (χ2n) is 5.53. The standard InChI is InChI=1S/C15H30N2O2/c1-4-13(5-2)17(9-10-19-3)15(18)14-8-6-7-12(14)11-16/h12-14H,4-11,16H2,1-3H3. The summed E-state index contributed by atoms with van der Waals surface area (Å²) in [6, 6.07) is 0.335. The zero-order valence-electron chi connectivity index (χ0n) is 12.7. The lowest BCUT2D eigenvalue weighted by atomic mass is 9.93. The molecule has 112 valence electrons. The van der Waals surface area contributed by atoms with Crippen LogP contribution in [-0.4, -0.2) is 43.7 Å². The van der Waals surface area contributed by atoms with Crippen molar-refractivity contribution < 1.29 is 9.53 Å². The maximum Gasteiger partial charge on any atom is 0.226 e. The molecule has 2 unspecified atom stereocenters. The van der Waals surface area contributed by atoms with E-state index in [1.54, 1.807) is 7.11 Å². The van der Waals surface area contributed by atoms with Gasteiger partial charge in [-0.3, -0.25) is 4.79 Å². The second kappa shape index (κ2) is 8.54. The molecule has 0 heterocycles. The molecule has 0 spiro atoms. The number of hydrogen-bond donors (Lipinski definition) is 1. The number of hydrogen-bond acceptors (Lipinski definition) is 3. The van der Waals surface area contributed by atoms with Gasteiger partial charge in [0.05, 0.1) is 6.61 Å². The maximum atomic E-state index is 12.8. The Balaban J connectivity index is 2.74. The van der Waals surface area contributed by atoms with E-state index in [2.05, 4.69) is 13.8 Å². The molecule has 1 rings (SSSR count). The van der Waals surface area contributed by atoms with Crippen molar-refractivity contribution in [2.24, 2.45) is 17.6 Å². The van der Waals surface area contributed by atoms with Crippen molar-refractivity contribution in [1.29, 1.82) is 0 Å². The van der Waals surface area contributed by atoms with Gasteiger partial charge in [-0.15, -0.1) is 0 Å². The zero-order chi connectivity index (χ0) is 14.3. The fraction of sp³-hybridized carbons (Fsp3) is 0.933. The van der Waals surface area contributed by atoms with E-state index in [0.717, 1.165) is 32.1 Å². The third kappa shape index (κ3) is 4.18. The normalized spacial score (nSPS) is 23.0. The Labute approximate surface area is 117 Å². The Morgan fingerprint density at radius 3 is 2.58 bits per heavy atom. The Morgan fingerprint density at radius 2 is 2.05 bits per heavy atom. The molecular weight excluding hydrogens is 240 g/mol. The molecule has 0 aromatic carbocycles. The van der Waals surface area contributed by atoms with E-state index in [4.69, 9.17) is 10.5 Å². The highest BCUT2D eigenvalue weighted by Crippen LogP contribution is 2.33. The monoisotopic (exact) mass is 270 g/mol. The van der Waals surface area contributed by atoms with Gasteiger partial charge in [0.2, 0.25) is 5.91 Å². The molecule has 1 amide bonds. The molecule has 19 heavy (non-hydrogen) atoms. The molecule has 1 aliphatic rings. The molecule has 0 aromatic rings. The van der Waals surface area contributed by atoms with Crippen LogP contribution in [0.4, 0.5) is 0 Å². The quantitative estimate of drug-likeness (QED) is 0.734. The van der Waals surface area contributed by atoms with Gasteiger partial charge < -0.3 is 15.4 Å². The molecule has 4 nitrogen and oxygen atoms in total. The van der Waals surface area contributed by atoms with Gasteiger partial charge in [0, 0.05) is 25.6 Å². The number of carbonyl (C=O) groups is 1. The van der Waals surface area contributed by atoms with Crippen LogP contribution >= 0.6 is 0 Å². The van der Waals surface area contributed by atoms with E-state index in [1.807, 2.05) is 4.90 Å². The Kier molecular flexibility index (Phi) is 7.39. The minimum atomic E-state index is 0.141. The summed E-state index contributed by atoms with van der Waals surface area (Å²) in [7, 11) is 1.69. The Morgan fingerprint density at radius 1 is 1.37 bits per heavy atom. The van der Waals surface area contributed by atoms with Gasteiger partial charge in [-0.05, 0) is 38.1 Å². The van der Waals surface area contributed by atoms with Gasteiger partial charge in [0.15, 0.2) is 0 Å². The smallest absolute Gasteiger partial charge is 0.226 e. The summed E-state index contributed by atoms with van der Waals surface area (Å²) in [4.78, 5) is 14.8. The predicted octanol–water partition coefficient (Wildman–Crippen LogP) is 2.02. The fourth-order valence-electron chi connectivity index (χ4n) is 3.25. The van der Waals surface area contributed by atoms with Crippen LogP contribution in [0.2, 0.25) is 0 Å². The van der Waals surface area contributed by atoms with E-state index in [0.29, 0.717) is 37.6 Å². The lowest BCUT2D eigenvalue weighted by Gasteiger charge is -2.34. The first-order valence-corrected chi connectivity index (χ1v) is 7.68. The van der Waals surface area contributed by atoms with Crippen LogP contribution in [0.3, 0.4) is 0 Å². The summed E-state index contributed by atoms with van der Waals surface area (Å²) in [5, 5.41) is 0. The van der Waals surface area contributed by atoms with Crippen molar-refractivity contribution in [3.8, 4) is 0 Å². The van der Waals surface area contributed by atoms with Crippen LogP contribution in [-0.2, 0) is 9.53 Å². The lowest BCUT2D eigenvalue weighted by molar-refractivity contribution is -0.140. The molecule has 0 aliphatic heterocycles. The van der Waals surface area contributed by atoms with E-state index < -0.39 is 0 Å². The molecule has 0 aromatic heterocycles. The molecular formula is C15H30N2O2. The number of carbonyl (C=O) groups excluding carboxylic acids is 1. The van der Waals surface area contributed by atoms with Crippen molar-refractivity contribution in [3.05, 3.63) is 0 Å². The zero-order valence-corrected chi connectivity index (χ0v) is 12.7. The Hall–Kier alpha value is -0.610. The summed E-state index contributed by atoms with van der Waals surface area (Å²) in [5.74, 6) is 0.827. The topological polar surface area (TPSA) is 55.6 Å². The molecule has 1 saturated carbocycles. The number of amides is 1. The average molecular weight is 270 g/mol. The lowest BCUT2D eigenvalue weighted by Crippen LogP contribution is -2.46. The average Bonchev–Trinajstić information content (AvgIpc) is 2.91. The van der Waals surface area contributed by atoms with E-state index in [9.17, 15) is 4.79 Å². The van der Waals surface area contributed by atoms with Crippen LogP contribution in [0.5, 0.6) is 0 Å². The summed E-state index contributed by atoms with van der Waals surface area (Å²) >= 11 is 0. The van der Waals surface area contributed by atoms with Crippen LogP contribution in [0.25, 0.3) is 0 Å². The van der Waals surface area contributed by atoms with Crippen LogP contribution < -0.4 is 5.73 Å². The summed E-state index contributed by atoms with van der Waals surface area (Å²) in [6.45, 7) is 6.25. The van der Waals surface area contributed by atoms with Crippen molar-refractivity contribution in [1.82, 2.24) is 4.90 Å². The SMILES string of the molecule is CCC(CC)N(CCOC)C(=O)C1CCCC1CN. The molecule has 1 aliphatic carbocycles. The minimum Gasteiger partial charge on any atom is -0.383 e. The van der Waals surface area contributed by atoms with Gasteiger partial charge >= 0.3 is 0 Å². The Bertz CT molecular complexity index is 267. The number of nitrogens with two attached hydrogens (primary N) is 1. The van der Waals surface area contributed by atoms with Gasteiger partial charge in [0.25, 0.3) is 0 Å². The van der Waals surface area contributed by atoms with Gasteiger partial charge in [-0.2, -0.15) is 0 Å². The van der Waals surface area contributed by atoms with Crippen LogP contribution in [0.1, 0.15) is 46.0 Å². The molecule has 2 atom stereocenters. The number of rotatable bonds is 8. The molecule has 0 bridgehead atoms. The van der Waals surface area contributed by atoms with Gasteiger partial charge in [-0.1, -0.05) is 20.3 Å². The highest BCUT2D eigenvalue weighted by atomic mass is 16.5. The first-order valence-electron chi connectivity index (χ1n) is 7.68. The second-order valence-corrected chi connectivity index (χ2v) is 5.53. The number of nitrogens with zero attached hydrogens (tertiary/aromatic N) is 1. The highest BCUT2D eigenvalue weighted by molar-refractivity contribution is 5.79. The number of ether oxygens (including phenoxy) is 1. The molecule has 4 heteroatoms. The molecule has 0 saturated heterocycles. The largest absolute Gasteiger partial charge is 0.383 e. The maximum absolute atomic E-state index is 12.8. The van der Waals surface area contributed by atoms with Crippen molar-refractivity contribution in [3.63, 3.8) is 0 Å². The predicted molar refractivity (Wildman–Crippen MR) is 77.8 cm³/mol. The molecule has 0 radical (unpaired) electrons. The summed E-state index contributed by atoms with van der Waals surface area (Å²) in [6.07, 6.45) is 5.26. The number of methoxy groups -OCH3 is 1. The van der Waals surface area contributed by atoms with Crippen molar-refractivity contribution in [2.75, 3.05) is 26.8 Å². The summed E-state index contributed by atoms with van der Waals surface area (Å²) < 4.78 is 5.16. The van der Waals surface area contributed by atoms with Gasteiger partial charge in [-0.25, -0.2) is 0 Å². The molecule has 1 fully saturated rings.